The number of nitrogens with zero attached hydrogens (tertiary/aromatic N) is 2. The quantitative estimate of drug-likeness (QED) is 0.638. The van der Waals surface area contributed by atoms with E-state index in [0.29, 0.717) is 23.7 Å². The standard InChI is InChI=1S/C22H30N2O5S/c1-15-8-9-16(2)19(12-15)24(30(7,26)27)17(3)22(25)23(4)14-18-10-11-20(28-5)21(13-18)29-6/h8-13,17H,14H2,1-7H3/t17-/m0/s1. The van der Waals surface area contributed by atoms with Gasteiger partial charge in [0.2, 0.25) is 15.9 Å². The summed E-state index contributed by atoms with van der Waals surface area (Å²) >= 11 is 0. The van der Waals surface area contributed by atoms with Crippen LogP contribution in [0.4, 0.5) is 5.69 Å². The molecule has 0 spiro atoms. The van der Waals surface area contributed by atoms with Crippen LogP contribution >= 0.6 is 0 Å². The second-order valence-corrected chi connectivity index (χ2v) is 9.27. The van der Waals surface area contributed by atoms with Crippen molar-refractivity contribution in [1.82, 2.24) is 4.90 Å². The van der Waals surface area contributed by atoms with E-state index in [4.69, 9.17) is 9.47 Å². The van der Waals surface area contributed by atoms with Crippen molar-refractivity contribution < 1.29 is 22.7 Å². The fraction of sp³-hybridized carbons (Fsp3) is 0.409. The van der Waals surface area contributed by atoms with E-state index in [2.05, 4.69) is 0 Å². The van der Waals surface area contributed by atoms with Crippen LogP contribution in [0.25, 0.3) is 0 Å². The van der Waals surface area contributed by atoms with Gasteiger partial charge in [-0.1, -0.05) is 18.2 Å². The number of ether oxygens (including phenoxy) is 2. The van der Waals surface area contributed by atoms with Crippen LogP contribution in [0.3, 0.4) is 0 Å². The van der Waals surface area contributed by atoms with Gasteiger partial charge in [0.25, 0.3) is 0 Å². The van der Waals surface area contributed by atoms with Crippen molar-refractivity contribution in [2.45, 2.75) is 33.4 Å². The number of hydrogen-bond acceptors (Lipinski definition) is 5. The molecular weight excluding hydrogens is 404 g/mol. The number of hydrogen-bond donors (Lipinski definition) is 0. The fourth-order valence-electron chi connectivity index (χ4n) is 3.38. The van der Waals surface area contributed by atoms with Crippen LogP contribution in [0.5, 0.6) is 11.5 Å². The minimum atomic E-state index is -3.68. The van der Waals surface area contributed by atoms with Crippen LogP contribution in [0.1, 0.15) is 23.6 Å². The summed E-state index contributed by atoms with van der Waals surface area (Å²) in [5, 5.41) is 0. The van der Waals surface area contributed by atoms with Crippen LogP contribution in [-0.2, 0) is 21.4 Å². The molecule has 0 aliphatic heterocycles. The van der Waals surface area contributed by atoms with Crippen LogP contribution in [-0.4, -0.2) is 52.8 Å². The predicted molar refractivity (Wildman–Crippen MR) is 119 cm³/mol. The predicted octanol–water partition coefficient (Wildman–Crippen LogP) is 3.13. The average molecular weight is 435 g/mol. The molecule has 164 valence electrons. The molecule has 2 aromatic carbocycles. The van der Waals surface area contributed by atoms with Gasteiger partial charge < -0.3 is 14.4 Å². The zero-order valence-electron chi connectivity index (χ0n) is 18.6. The minimum Gasteiger partial charge on any atom is -0.493 e. The Bertz CT molecular complexity index is 1020. The molecule has 0 fully saturated rings. The van der Waals surface area contributed by atoms with E-state index >= 15 is 0 Å². The van der Waals surface area contributed by atoms with Gasteiger partial charge in [-0.3, -0.25) is 9.10 Å². The topological polar surface area (TPSA) is 76.2 Å². The number of methoxy groups -OCH3 is 2. The number of likely N-dealkylation sites (N-methyl/N-ethyl adjacent to an activating group) is 1. The Labute approximate surface area is 179 Å². The minimum absolute atomic E-state index is 0.300. The number of anilines is 1. The van der Waals surface area contributed by atoms with Gasteiger partial charge in [-0.2, -0.15) is 0 Å². The molecule has 0 bridgehead atoms. The smallest absolute Gasteiger partial charge is 0.246 e. The largest absolute Gasteiger partial charge is 0.493 e. The third-order valence-corrected chi connectivity index (χ3v) is 6.14. The van der Waals surface area contributed by atoms with Gasteiger partial charge >= 0.3 is 0 Å². The van der Waals surface area contributed by atoms with Crippen molar-refractivity contribution in [3.05, 3.63) is 53.1 Å². The maximum atomic E-state index is 13.1. The van der Waals surface area contributed by atoms with E-state index in [0.717, 1.165) is 22.9 Å². The molecule has 8 heteroatoms. The Morgan fingerprint density at radius 1 is 1.03 bits per heavy atom. The van der Waals surface area contributed by atoms with Crippen molar-refractivity contribution in [2.24, 2.45) is 0 Å². The molecule has 0 aliphatic carbocycles. The van der Waals surface area contributed by atoms with E-state index in [1.54, 1.807) is 46.4 Å². The van der Waals surface area contributed by atoms with E-state index in [-0.39, 0.29) is 5.91 Å². The lowest BCUT2D eigenvalue weighted by molar-refractivity contribution is -0.131. The second kappa shape index (κ2) is 9.38. The van der Waals surface area contributed by atoms with Gasteiger partial charge in [0.15, 0.2) is 11.5 Å². The maximum Gasteiger partial charge on any atom is 0.246 e. The van der Waals surface area contributed by atoms with Gasteiger partial charge in [0, 0.05) is 13.6 Å². The molecule has 0 radical (unpaired) electrons. The summed E-state index contributed by atoms with van der Waals surface area (Å²) < 4.78 is 37.0. The molecular formula is C22H30N2O5S. The molecule has 2 aromatic rings. The summed E-state index contributed by atoms with van der Waals surface area (Å²) in [5.41, 5.74) is 3.06. The summed E-state index contributed by atoms with van der Waals surface area (Å²) in [4.78, 5) is 14.7. The Balaban J connectivity index is 2.32. The Morgan fingerprint density at radius 2 is 1.67 bits per heavy atom. The molecule has 7 nitrogen and oxygen atoms in total. The maximum absolute atomic E-state index is 13.1. The van der Waals surface area contributed by atoms with E-state index < -0.39 is 16.1 Å². The van der Waals surface area contributed by atoms with Gasteiger partial charge in [-0.15, -0.1) is 0 Å². The molecule has 0 N–H and O–H groups in total. The Kier molecular flexibility index (Phi) is 7.36. The third-order valence-electron chi connectivity index (χ3n) is 4.91. The monoisotopic (exact) mass is 434 g/mol. The molecule has 2 rings (SSSR count). The fourth-order valence-corrected chi connectivity index (χ4v) is 4.60. The second-order valence-electron chi connectivity index (χ2n) is 7.41. The summed E-state index contributed by atoms with van der Waals surface area (Å²) in [6, 6.07) is 10.1. The first kappa shape index (κ1) is 23.5. The van der Waals surface area contributed by atoms with E-state index in [1.165, 1.54) is 9.21 Å². The van der Waals surface area contributed by atoms with Crippen LogP contribution in [0.2, 0.25) is 0 Å². The number of sulfonamides is 1. The van der Waals surface area contributed by atoms with Crippen molar-refractivity contribution >= 4 is 21.6 Å². The lowest BCUT2D eigenvalue weighted by Gasteiger charge is -2.32. The Morgan fingerprint density at radius 3 is 2.23 bits per heavy atom. The molecule has 1 amide bonds. The van der Waals surface area contributed by atoms with Gasteiger partial charge in [-0.05, 0) is 55.7 Å². The van der Waals surface area contributed by atoms with Crippen molar-refractivity contribution in [3.8, 4) is 11.5 Å². The number of carbonyl (C=O) groups excluding carboxylic acids is 1. The van der Waals surface area contributed by atoms with Gasteiger partial charge in [0.05, 0.1) is 26.2 Å². The first-order chi connectivity index (χ1) is 14.0. The highest BCUT2D eigenvalue weighted by atomic mass is 32.2. The molecule has 0 saturated carbocycles. The highest BCUT2D eigenvalue weighted by Crippen LogP contribution is 2.29. The number of rotatable bonds is 8. The van der Waals surface area contributed by atoms with Crippen LogP contribution < -0.4 is 13.8 Å². The number of aryl methyl sites for hydroxylation is 2. The zero-order valence-corrected chi connectivity index (χ0v) is 19.4. The van der Waals surface area contributed by atoms with Crippen molar-refractivity contribution in [1.29, 1.82) is 0 Å². The molecule has 0 unspecified atom stereocenters. The zero-order chi connectivity index (χ0) is 22.6. The highest BCUT2D eigenvalue weighted by Gasteiger charge is 2.32. The Hall–Kier alpha value is -2.74. The van der Waals surface area contributed by atoms with Gasteiger partial charge in [0.1, 0.15) is 6.04 Å². The lowest BCUT2D eigenvalue weighted by Crippen LogP contribution is -2.48. The molecule has 0 heterocycles. The summed E-state index contributed by atoms with van der Waals surface area (Å²) in [6.45, 7) is 5.63. The summed E-state index contributed by atoms with van der Waals surface area (Å²) in [5.74, 6) is 0.856. The van der Waals surface area contributed by atoms with Crippen molar-refractivity contribution in [3.63, 3.8) is 0 Å². The number of carbonyl (C=O) groups is 1. The summed E-state index contributed by atoms with van der Waals surface area (Å²) in [6.07, 6.45) is 1.12. The number of amides is 1. The van der Waals surface area contributed by atoms with Crippen LogP contribution in [0.15, 0.2) is 36.4 Å². The van der Waals surface area contributed by atoms with Crippen LogP contribution in [0, 0.1) is 13.8 Å². The van der Waals surface area contributed by atoms with E-state index in [1.807, 2.05) is 32.0 Å². The number of benzene rings is 2. The molecule has 1 atom stereocenters. The molecule has 0 aromatic heterocycles. The molecule has 30 heavy (non-hydrogen) atoms. The average Bonchev–Trinajstić information content (AvgIpc) is 2.68. The SMILES string of the molecule is COc1ccc(CN(C)C(=O)[C@H](C)N(c2cc(C)ccc2C)S(C)(=O)=O)cc1OC. The highest BCUT2D eigenvalue weighted by molar-refractivity contribution is 7.92. The first-order valence-electron chi connectivity index (χ1n) is 9.52. The third kappa shape index (κ3) is 5.24. The lowest BCUT2D eigenvalue weighted by atomic mass is 10.1. The normalized spacial score (nSPS) is 12.2. The van der Waals surface area contributed by atoms with Gasteiger partial charge in [-0.25, -0.2) is 8.42 Å². The summed E-state index contributed by atoms with van der Waals surface area (Å²) in [7, 11) is 1.08. The van der Waals surface area contributed by atoms with E-state index in [9.17, 15) is 13.2 Å². The first-order valence-corrected chi connectivity index (χ1v) is 11.4. The molecule has 0 aliphatic rings. The van der Waals surface area contributed by atoms with Crippen molar-refractivity contribution in [2.75, 3.05) is 31.8 Å². The molecule has 0 saturated heterocycles.